The van der Waals surface area contributed by atoms with Crippen LogP contribution in [0.4, 0.5) is 0 Å². The quantitative estimate of drug-likeness (QED) is 0.741. The molecule has 1 unspecified atom stereocenters. The zero-order chi connectivity index (χ0) is 19.1. The molecule has 0 aliphatic carbocycles. The molecule has 2 aromatic carbocycles. The first-order valence-electron chi connectivity index (χ1n) is 9.18. The van der Waals surface area contributed by atoms with Crippen LogP contribution in [-0.4, -0.2) is 35.5 Å². The molecule has 1 atom stereocenters. The lowest BCUT2D eigenvalue weighted by molar-refractivity contribution is 0.0692. The second kappa shape index (κ2) is 6.65. The molecule has 4 rings (SSSR count). The number of aromatic nitrogens is 1. The lowest BCUT2D eigenvalue weighted by Crippen LogP contribution is -2.36. The van der Waals surface area contributed by atoms with E-state index in [9.17, 15) is 4.79 Å². The Kier molecular flexibility index (Phi) is 4.30. The van der Waals surface area contributed by atoms with Gasteiger partial charge in [-0.1, -0.05) is 12.1 Å². The van der Waals surface area contributed by atoms with Gasteiger partial charge in [0, 0.05) is 29.3 Å². The predicted octanol–water partition coefficient (Wildman–Crippen LogP) is 4.22. The van der Waals surface area contributed by atoms with E-state index in [1.807, 2.05) is 49.1 Å². The van der Waals surface area contributed by atoms with Crippen molar-refractivity contribution in [1.82, 2.24) is 9.88 Å². The van der Waals surface area contributed by atoms with Crippen LogP contribution in [0.5, 0.6) is 11.5 Å². The van der Waals surface area contributed by atoms with Crippen LogP contribution in [0.15, 0.2) is 36.4 Å². The molecule has 3 aromatic rings. The molecular formula is C22H24N2O3. The van der Waals surface area contributed by atoms with Gasteiger partial charge < -0.3 is 19.4 Å². The normalized spacial score (nSPS) is 16.6. The fraction of sp³-hybridized carbons (Fsp3) is 0.318. The van der Waals surface area contributed by atoms with Gasteiger partial charge in [-0.2, -0.15) is 0 Å². The predicted molar refractivity (Wildman–Crippen MR) is 106 cm³/mol. The molecule has 2 heterocycles. The molecule has 0 saturated carbocycles. The Hall–Kier alpha value is -2.95. The number of aryl methyl sites for hydroxylation is 2. The van der Waals surface area contributed by atoms with Gasteiger partial charge in [0.25, 0.3) is 5.91 Å². The van der Waals surface area contributed by atoms with E-state index in [1.165, 1.54) is 5.56 Å². The molecule has 1 aromatic heterocycles. The van der Waals surface area contributed by atoms with Crippen LogP contribution in [0.3, 0.4) is 0 Å². The highest BCUT2D eigenvalue weighted by Crippen LogP contribution is 2.31. The van der Waals surface area contributed by atoms with E-state index >= 15 is 0 Å². The van der Waals surface area contributed by atoms with Gasteiger partial charge in [0.15, 0.2) is 0 Å². The van der Waals surface area contributed by atoms with E-state index in [1.54, 1.807) is 7.11 Å². The molecule has 0 bridgehead atoms. The number of carbonyl (C=O) groups is 1. The van der Waals surface area contributed by atoms with E-state index < -0.39 is 0 Å². The Bertz CT molecular complexity index is 1020. The van der Waals surface area contributed by atoms with Crippen LogP contribution < -0.4 is 9.47 Å². The number of hydrogen-bond donors (Lipinski definition) is 1. The molecule has 1 aliphatic rings. The molecule has 1 amide bonds. The Balaban J connectivity index is 1.72. The van der Waals surface area contributed by atoms with Crippen molar-refractivity contribution >= 4 is 16.8 Å². The third-order valence-electron chi connectivity index (χ3n) is 5.30. The summed E-state index contributed by atoms with van der Waals surface area (Å²) in [7, 11) is 1.64. The van der Waals surface area contributed by atoms with Crippen molar-refractivity contribution < 1.29 is 14.3 Å². The van der Waals surface area contributed by atoms with Crippen LogP contribution in [0.1, 0.15) is 34.1 Å². The summed E-state index contributed by atoms with van der Waals surface area (Å²) in [6.45, 7) is 7.14. The number of benzene rings is 2. The number of carbonyl (C=O) groups excluding carboxylic acids is 1. The molecule has 0 fully saturated rings. The largest absolute Gasteiger partial charge is 0.497 e. The minimum atomic E-state index is -0.103. The summed E-state index contributed by atoms with van der Waals surface area (Å²) in [5.74, 6) is 1.55. The van der Waals surface area contributed by atoms with Crippen molar-refractivity contribution in [2.75, 3.05) is 13.7 Å². The number of amides is 1. The third-order valence-corrected chi connectivity index (χ3v) is 5.30. The first kappa shape index (κ1) is 17.5. The first-order chi connectivity index (χ1) is 13.0. The lowest BCUT2D eigenvalue weighted by atomic mass is 10.1. The summed E-state index contributed by atoms with van der Waals surface area (Å²) in [5, 5.41) is 1.10. The van der Waals surface area contributed by atoms with Crippen LogP contribution in [0.25, 0.3) is 10.9 Å². The summed E-state index contributed by atoms with van der Waals surface area (Å²) in [4.78, 5) is 18.6. The van der Waals surface area contributed by atoms with E-state index in [0.29, 0.717) is 18.7 Å². The van der Waals surface area contributed by atoms with Crippen LogP contribution in [0.2, 0.25) is 0 Å². The summed E-state index contributed by atoms with van der Waals surface area (Å²) in [6, 6.07) is 11.7. The maximum Gasteiger partial charge on any atom is 0.256 e. The second-order valence-corrected chi connectivity index (χ2v) is 7.19. The summed E-state index contributed by atoms with van der Waals surface area (Å²) < 4.78 is 11.3. The number of para-hydroxylation sites is 1. The maximum absolute atomic E-state index is 13.4. The molecule has 140 valence electrons. The summed E-state index contributed by atoms with van der Waals surface area (Å²) >= 11 is 0. The molecule has 5 nitrogen and oxygen atoms in total. The molecule has 0 radical (unpaired) electrons. The molecule has 0 saturated heterocycles. The lowest BCUT2D eigenvalue weighted by Gasteiger charge is -2.22. The molecule has 5 heteroatoms. The maximum atomic E-state index is 13.4. The Morgan fingerprint density at radius 2 is 2.07 bits per heavy atom. The van der Waals surface area contributed by atoms with Crippen molar-refractivity contribution in [3.8, 4) is 11.5 Å². The Labute approximate surface area is 158 Å². The molecule has 1 N–H and O–H groups in total. The molecule has 0 spiro atoms. The first-order valence-corrected chi connectivity index (χ1v) is 9.18. The minimum Gasteiger partial charge on any atom is -0.497 e. The molecule has 27 heavy (non-hydrogen) atoms. The van der Waals surface area contributed by atoms with E-state index in [4.69, 9.17) is 9.47 Å². The highest BCUT2D eigenvalue weighted by molar-refractivity contribution is 6.06. The van der Waals surface area contributed by atoms with Crippen molar-refractivity contribution in [2.24, 2.45) is 0 Å². The number of nitrogens with zero attached hydrogens (tertiary/aromatic N) is 1. The van der Waals surface area contributed by atoms with Crippen molar-refractivity contribution in [1.29, 1.82) is 0 Å². The van der Waals surface area contributed by atoms with Crippen LogP contribution in [-0.2, 0) is 6.54 Å². The molecular weight excluding hydrogens is 340 g/mol. The van der Waals surface area contributed by atoms with Crippen LogP contribution in [0, 0.1) is 13.8 Å². The average molecular weight is 364 g/mol. The van der Waals surface area contributed by atoms with Crippen LogP contribution >= 0.6 is 0 Å². The number of ether oxygens (including phenoxy) is 2. The van der Waals surface area contributed by atoms with Gasteiger partial charge >= 0.3 is 0 Å². The number of hydrogen-bond acceptors (Lipinski definition) is 3. The monoisotopic (exact) mass is 364 g/mol. The van der Waals surface area contributed by atoms with E-state index in [0.717, 1.165) is 33.7 Å². The van der Waals surface area contributed by atoms with Gasteiger partial charge in [0.2, 0.25) is 0 Å². The molecule has 1 aliphatic heterocycles. The second-order valence-electron chi connectivity index (χ2n) is 7.19. The van der Waals surface area contributed by atoms with Gasteiger partial charge in [-0.05, 0) is 44.5 Å². The third kappa shape index (κ3) is 3.03. The number of fused-ring (bicyclic) bond motifs is 2. The summed E-state index contributed by atoms with van der Waals surface area (Å²) in [6.07, 6.45) is -0.103. The number of rotatable bonds is 2. The number of aromatic amines is 1. The standard InChI is InChI=1S/C22H24N2O3/c1-13-11-24(12-16-8-9-17(26-4)10-20(16)27-13)22(25)19-7-5-6-18-14(2)15(3)23-21(18)19/h5-10,13,23H,11-12H2,1-4H3. The average Bonchev–Trinajstić information content (AvgIpc) is 2.85. The fourth-order valence-electron chi connectivity index (χ4n) is 3.72. The number of nitrogens with one attached hydrogen (secondary N) is 1. The van der Waals surface area contributed by atoms with E-state index in [-0.39, 0.29) is 12.0 Å². The van der Waals surface area contributed by atoms with Crippen molar-refractivity contribution in [3.63, 3.8) is 0 Å². The summed E-state index contributed by atoms with van der Waals surface area (Å²) in [5.41, 5.74) is 4.87. The highest BCUT2D eigenvalue weighted by Gasteiger charge is 2.26. The van der Waals surface area contributed by atoms with Crippen molar-refractivity contribution in [3.05, 3.63) is 58.8 Å². The smallest absolute Gasteiger partial charge is 0.256 e. The van der Waals surface area contributed by atoms with Gasteiger partial charge in [-0.3, -0.25) is 4.79 Å². The Morgan fingerprint density at radius 3 is 2.85 bits per heavy atom. The topological polar surface area (TPSA) is 54.6 Å². The van der Waals surface area contributed by atoms with Gasteiger partial charge in [-0.25, -0.2) is 0 Å². The minimum absolute atomic E-state index is 0.0148. The van der Waals surface area contributed by atoms with Crippen molar-refractivity contribution in [2.45, 2.75) is 33.4 Å². The number of H-pyrrole nitrogens is 1. The Morgan fingerprint density at radius 1 is 1.26 bits per heavy atom. The van der Waals surface area contributed by atoms with E-state index in [2.05, 4.69) is 18.0 Å². The van der Waals surface area contributed by atoms with Gasteiger partial charge in [0.05, 0.1) is 24.7 Å². The fourth-order valence-corrected chi connectivity index (χ4v) is 3.72. The van der Waals surface area contributed by atoms with Gasteiger partial charge in [0.1, 0.15) is 17.6 Å². The number of methoxy groups -OCH3 is 1. The zero-order valence-electron chi connectivity index (χ0n) is 16.1. The highest BCUT2D eigenvalue weighted by atomic mass is 16.5. The zero-order valence-corrected chi connectivity index (χ0v) is 16.1. The van der Waals surface area contributed by atoms with Gasteiger partial charge in [-0.15, -0.1) is 0 Å². The SMILES string of the molecule is COc1ccc2c(c1)OC(C)CN(C(=O)c1cccc3c(C)c(C)[nH]c13)C2.